The van der Waals surface area contributed by atoms with Crippen molar-refractivity contribution < 1.29 is 14.4 Å². The van der Waals surface area contributed by atoms with E-state index in [4.69, 9.17) is 23.2 Å². The largest absolute Gasteiger partial charge is 0.325 e. The number of ketones is 1. The molecule has 2 aromatic carbocycles. The molecular weight excluding hydrogens is 399 g/mol. The Bertz CT molecular complexity index is 1020. The number of nitrogens with zero attached hydrogens (tertiary/aromatic N) is 1. The third kappa shape index (κ3) is 3.40. The number of halogens is 2. The van der Waals surface area contributed by atoms with E-state index in [2.05, 4.69) is 5.32 Å². The summed E-state index contributed by atoms with van der Waals surface area (Å²) in [5.74, 6) is -0.827. The fourth-order valence-corrected chi connectivity index (χ4v) is 4.01. The molecular formula is C21H20Cl2N2O3. The van der Waals surface area contributed by atoms with Crippen LogP contribution in [0.15, 0.2) is 30.3 Å². The van der Waals surface area contributed by atoms with Gasteiger partial charge in [0.05, 0.1) is 6.54 Å². The van der Waals surface area contributed by atoms with Gasteiger partial charge in [0.15, 0.2) is 5.78 Å². The number of imide groups is 1. The van der Waals surface area contributed by atoms with E-state index in [1.165, 1.54) is 6.07 Å². The van der Waals surface area contributed by atoms with Crippen molar-refractivity contribution in [1.82, 2.24) is 10.2 Å². The molecule has 0 radical (unpaired) electrons. The molecule has 1 aliphatic heterocycles. The normalized spacial score (nSPS) is 19.1. The number of aryl methyl sites for hydroxylation is 3. The molecule has 0 unspecified atom stereocenters. The van der Waals surface area contributed by atoms with Crippen molar-refractivity contribution in [2.45, 2.75) is 33.2 Å². The van der Waals surface area contributed by atoms with E-state index in [0.29, 0.717) is 16.1 Å². The van der Waals surface area contributed by atoms with E-state index in [0.717, 1.165) is 21.6 Å². The van der Waals surface area contributed by atoms with Crippen LogP contribution in [0.4, 0.5) is 4.79 Å². The third-order valence-corrected chi connectivity index (χ3v) is 5.74. The molecule has 146 valence electrons. The summed E-state index contributed by atoms with van der Waals surface area (Å²) in [5.41, 5.74) is 2.43. The molecule has 1 aliphatic rings. The fourth-order valence-electron chi connectivity index (χ4n) is 3.41. The maximum atomic E-state index is 13.0. The zero-order chi connectivity index (χ0) is 20.8. The Hall–Kier alpha value is -2.37. The molecule has 3 amide bonds. The Morgan fingerprint density at radius 1 is 1.04 bits per heavy atom. The highest BCUT2D eigenvalue weighted by Crippen LogP contribution is 2.35. The summed E-state index contributed by atoms with van der Waals surface area (Å²) in [5, 5.41) is 3.34. The van der Waals surface area contributed by atoms with Crippen molar-refractivity contribution in [2.24, 2.45) is 0 Å². The van der Waals surface area contributed by atoms with Crippen LogP contribution < -0.4 is 5.32 Å². The van der Waals surface area contributed by atoms with Crippen molar-refractivity contribution >= 4 is 40.9 Å². The summed E-state index contributed by atoms with van der Waals surface area (Å²) < 4.78 is 0. The minimum atomic E-state index is -1.36. The van der Waals surface area contributed by atoms with Crippen molar-refractivity contribution in [1.29, 1.82) is 0 Å². The average Bonchev–Trinajstić information content (AvgIpc) is 2.81. The molecule has 2 aromatic rings. The smallest absolute Gasteiger partial charge is 0.319 e. The minimum Gasteiger partial charge on any atom is -0.319 e. The van der Waals surface area contributed by atoms with Crippen molar-refractivity contribution in [3.8, 4) is 0 Å². The second-order valence-electron chi connectivity index (χ2n) is 7.25. The molecule has 5 nitrogen and oxygen atoms in total. The lowest BCUT2D eigenvalue weighted by molar-refractivity contribution is -0.130. The van der Waals surface area contributed by atoms with E-state index in [1.807, 2.05) is 26.8 Å². The lowest BCUT2D eigenvalue weighted by atomic mass is 9.91. The SMILES string of the molecule is Cc1cc(C)c(C(=O)CN2C(=O)N[C@@](C)(c3ccc(Cl)cc3Cl)C2=O)cc1C. The summed E-state index contributed by atoms with van der Waals surface area (Å²) in [6.07, 6.45) is 0. The predicted octanol–water partition coefficient (Wildman–Crippen LogP) is 4.57. The Morgan fingerprint density at radius 2 is 1.68 bits per heavy atom. The van der Waals surface area contributed by atoms with Crippen molar-refractivity contribution in [3.05, 3.63) is 68.2 Å². The second-order valence-corrected chi connectivity index (χ2v) is 8.09. The van der Waals surface area contributed by atoms with Crippen LogP contribution in [-0.2, 0) is 10.3 Å². The minimum absolute atomic E-state index is 0.266. The van der Waals surface area contributed by atoms with Gasteiger partial charge in [-0.15, -0.1) is 0 Å². The lowest BCUT2D eigenvalue weighted by Gasteiger charge is -2.23. The zero-order valence-electron chi connectivity index (χ0n) is 16.0. The summed E-state index contributed by atoms with van der Waals surface area (Å²) in [4.78, 5) is 39.3. The monoisotopic (exact) mass is 418 g/mol. The molecule has 0 aliphatic carbocycles. The van der Waals surface area contributed by atoms with Crippen LogP contribution in [0.2, 0.25) is 10.0 Å². The lowest BCUT2D eigenvalue weighted by Crippen LogP contribution is -2.41. The van der Waals surface area contributed by atoms with Gasteiger partial charge in [-0.3, -0.25) is 14.5 Å². The summed E-state index contributed by atoms with van der Waals surface area (Å²) in [6.45, 7) is 6.94. The van der Waals surface area contributed by atoms with Gasteiger partial charge in [-0.05, 0) is 62.6 Å². The molecule has 28 heavy (non-hydrogen) atoms. The summed E-state index contributed by atoms with van der Waals surface area (Å²) in [7, 11) is 0. The summed E-state index contributed by atoms with van der Waals surface area (Å²) in [6, 6.07) is 7.79. The Balaban J connectivity index is 1.90. The van der Waals surface area contributed by atoms with Crippen LogP contribution in [0.5, 0.6) is 0 Å². The first-order chi connectivity index (χ1) is 13.0. The highest BCUT2D eigenvalue weighted by Gasteiger charge is 2.50. The van der Waals surface area contributed by atoms with Gasteiger partial charge in [-0.25, -0.2) is 4.79 Å². The number of carbonyl (C=O) groups excluding carboxylic acids is 3. The standard InChI is InChI=1S/C21H20Cl2N2O3/c1-11-7-13(3)15(8-12(11)2)18(26)10-25-19(27)21(4,24-20(25)28)16-6-5-14(22)9-17(16)23/h5-9H,10H2,1-4H3,(H,24,28)/t21-/m0/s1. The number of benzene rings is 2. The van der Waals surface area contributed by atoms with Crippen LogP contribution in [0.3, 0.4) is 0 Å². The number of rotatable bonds is 4. The fraction of sp³-hybridized carbons (Fsp3) is 0.286. The van der Waals surface area contributed by atoms with Crippen LogP contribution in [0.25, 0.3) is 0 Å². The highest BCUT2D eigenvalue weighted by atomic mass is 35.5. The molecule has 1 N–H and O–H groups in total. The molecule has 0 spiro atoms. The average molecular weight is 419 g/mol. The summed E-state index contributed by atoms with van der Waals surface area (Å²) >= 11 is 12.2. The van der Waals surface area contributed by atoms with E-state index in [9.17, 15) is 14.4 Å². The molecule has 0 aromatic heterocycles. The van der Waals surface area contributed by atoms with Gasteiger partial charge in [-0.2, -0.15) is 0 Å². The van der Waals surface area contributed by atoms with Crippen LogP contribution in [-0.4, -0.2) is 29.2 Å². The van der Waals surface area contributed by atoms with Crippen LogP contribution in [0.1, 0.15) is 39.5 Å². The number of hydrogen-bond donors (Lipinski definition) is 1. The van der Waals surface area contributed by atoms with Gasteiger partial charge in [0.25, 0.3) is 5.91 Å². The number of amides is 3. The molecule has 7 heteroatoms. The zero-order valence-corrected chi connectivity index (χ0v) is 17.5. The first kappa shape index (κ1) is 20.4. The first-order valence-corrected chi connectivity index (χ1v) is 9.51. The van der Waals surface area contributed by atoms with E-state index in [-0.39, 0.29) is 17.4 Å². The molecule has 0 bridgehead atoms. The quantitative estimate of drug-likeness (QED) is 0.583. The number of urea groups is 1. The van der Waals surface area contributed by atoms with Crippen molar-refractivity contribution in [2.75, 3.05) is 6.54 Å². The molecule has 1 heterocycles. The number of Topliss-reactive ketones (excluding diaryl/α,β-unsaturated/α-hetero) is 1. The maximum absolute atomic E-state index is 13.0. The Morgan fingerprint density at radius 3 is 2.32 bits per heavy atom. The third-order valence-electron chi connectivity index (χ3n) is 5.19. The number of hydrogen-bond acceptors (Lipinski definition) is 3. The Labute approximate surface area is 173 Å². The second kappa shape index (κ2) is 7.22. The van der Waals surface area contributed by atoms with Crippen LogP contribution >= 0.6 is 23.2 Å². The van der Waals surface area contributed by atoms with Gasteiger partial charge in [0, 0.05) is 21.2 Å². The van der Waals surface area contributed by atoms with Crippen molar-refractivity contribution in [3.63, 3.8) is 0 Å². The molecule has 1 saturated heterocycles. The number of carbonyl (C=O) groups is 3. The maximum Gasteiger partial charge on any atom is 0.325 e. The van der Waals surface area contributed by atoms with Gasteiger partial charge in [-0.1, -0.05) is 35.3 Å². The topological polar surface area (TPSA) is 66.5 Å². The highest BCUT2D eigenvalue weighted by molar-refractivity contribution is 6.35. The van der Waals surface area contributed by atoms with Gasteiger partial charge < -0.3 is 5.32 Å². The molecule has 3 rings (SSSR count). The van der Waals surface area contributed by atoms with E-state index < -0.39 is 17.5 Å². The molecule has 1 atom stereocenters. The Kier molecular flexibility index (Phi) is 5.26. The van der Waals surface area contributed by atoms with Gasteiger partial charge in [0.2, 0.25) is 0 Å². The van der Waals surface area contributed by atoms with Crippen LogP contribution in [0, 0.1) is 20.8 Å². The molecule has 1 fully saturated rings. The predicted molar refractivity (Wildman–Crippen MR) is 109 cm³/mol. The van der Waals surface area contributed by atoms with Gasteiger partial charge >= 0.3 is 6.03 Å². The molecule has 0 saturated carbocycles. The number of nitrogens with one attached hydrogen (secondary N) is 1. The van der Waals surface area contributed by atoms with E-state index in [1.54, 1.807) is 25.1 Å². The van der Waals surface area contributed by atoms with Gasteiger partial charge in [0.1, 0.15) is 5.54 Å². The van der Waals surface area contributed by atoms with E-state index >= 15 is 0 Å². The first-order valence-electron chi connectivity index (χ1n) is 8.75.